The molecule has 0 aliphatic carbocycles. The fraction of sp³-hybridized carbons (Fsp3) is 0.190. The third kappa shape index (κ3) is 3.44. The van der Waals surface area contributed by atoms with Crippen LogP contribution in [0.5, 0.6) is 11.5 Å². The summed E-state index contributed by atoms with van der Waals surface area (Å²) in [5.74, 6) is 0.936. The van der Waals surface area contributed by atoms with Gasteiger partial charge in [0, 0.05) is 11.6 Å². The smallest absolute Gasteiger partial charge is 0.352 e. The van der Waals surface area contributed by atoms with Crippen LogP contribution in [-0.4, -0.2) is 33.4 Å². The SMILES string of the molecule is COc1ccc(-c2cc3nn(Cc4ccc(OC)c(F)c4)c(=O)n3c(C)n2)cc1. The second-order valence-electron chi connectivity index (χ2n) is 6.52. The summed E-state index contributed by atoms with van der Waals surface area (Å²) in [7, 11) is 3.01. The number of hydrogen-bond acceptors (Lipinski definition) is 5. The molecule has 0 aliphatic heterocycles. The molecule has 0 bridgehead atoms. The number of methoxy groups -OCH3 is 2. The highest BCUT2D eigenvalue weighted by atomic mass is 19.1. The summed E-state index contributed by atoms with van der Waals surface area (Å²) in [6.07, 6.45) is 0. The highest BCUT2D eigenvalue weighted by Crippen LogP contribution is 2.22. The summed E-state index contributed by atoms with van der Waals surface area (Å²) >= 11 is 0. The fourth-order valence-corrected chi connectivity index (χ4v) is 3.19. The summed E-state index contributed by atoms with van der Waals surface area (Å²) in [5, 5.41) is 4.41. The van der Waals surface area contributed by atoms with Crippen molar-refractivity contribution in [1.82, 2.24) is 19.2 Å². The van der Waals surface area contributed by atoms with Gasteiger partial charge in [0.15, 0.2) is 17.2 Å². The molecule has 0 saturated carbocycles. The van der Waals surface area contributed by atoms with Gasteiger partial charge in [-0.15, -0.1) is 5.10 Å². The second kappa shape index (κ2) is 7.38. The van der Waals surface area contributed by atoms with Crippen molar-refractivity contribution in [3.8, 4) is 22.8 Å². The predicted octanol–water partition coefficient (Wildman–Crippen LogP) is 3.07. The molecule has 0 atom stereocenters. The van der Waals surface area contributed by atoms with Crippen LogP contribution in [-0.2, 0) is 6.54 Å². The lowest BCUT2D eigenvalue weighted by Crippen LogP contribution is -2.23. The number of rotatable bonds is 5. The van der Waals surface area contributed by atoms with Crippen LogP contribution in [0.1, 0.15) is 11.4 Å². The van der Waals surface area contributed by atoms with Crippen molar-refractivity contribution in [2.24, 2.45) is 0 Å². The molecule has 2 aromatic heterocycles. The Morgan fingerprint density at radius 1 is 1.03 bits per heavy atom. The Hall–Kier alpha value is -3.68. The quantitative estimate of drug-likeness (QED) is 0.520. The van der Waals surface area contributed by atoms with E-state index in [0.29, 0.717) is 22.7 Å². The van der Waals surface area contributed by atoms with Crippen LogP contribution in [0.15, 0.2) is 53.3 Å². The third-order valence-electron chi connectivity index (χ3n) is 4.67. The van der Waals surface area contributed by atoms with E-state index in [9.17, 15) is 9.18 Å². The Kier molecular flexibility index (Phi) is 4.75. The van der Waals surface area contributed by atoms with Gasteiger partial charge in [-0.1, -0.05) is 6.07 Å². The van der Waals surface area contributed by atoms with E-state index in [1.165, 1.54) is 28.3 Å². The Morgan fingerprint density at radius 2 is 1.79 bits per heavy atom. The first-order chi connectivity index (χ1) is 14.0. The monoisotopic (exact) mass is 394 g/mol. The molecule has 2 heterocycles. The number of ether oxygens (including phenoxy) is 2. The van der Waals surface area contributed by atoms with Crippen molar-refractivity contribution in [3.05, 3.63) is 76.2 Å². The number of halogens is 1. The molecule has 4 aromatic rings. The first kappa shape index (κ1) is 18.7. The Balaban J connectivity index is 1.73. The van der Waals surface area contributed by atoms with Crippen molar-refractivity contribution < 1.29 is 13.9 Å². The summed E-state index contributed by atoms with van der Waals surface area (Å²) < 4.78 is 26.8. The van der Waals surface area contributed by atoms with E-state index in [1.54, 1.807) is 26.2 Å². The molecule has 0 amide bonds. The molecule has 0 aliphatic rings. The lowest BCUT2D eigenvalue weighted by atomic mass is 10.1. The van der Waals surface area contributed by atoms with Gasteiger partial charge in [0.25, 0.3) is 0 Å². The molecule has 7 nitrogen and oxygen atoms in total. The summed E-state index contributed by atoms with van der Waals surface area (Å²) in [6.45, 7) is 1.89. The Morgan fingerprint density at radius 3 is 2.45 bits per heavy atom. The molecule has 0 saturated heterocycles. The van der Waals surface area contributed by atoms with E-state index in [4.69, 9.17) is 9.47 Å². The topological polar surface area (TPSA) is 70.7 Å². The van der Waals surface area contributed by atoms with Gasteiger partial charge in [-0.3, -0.25) is 0 Å². The van der Waals surface area contributed by atoms with Crippen molar-refractivity contribution in [2.75, 3.05) is 14.2 Å². The zero-order valence-electron chi connectivity index (χ0n) is 16.2. The molecule has 4 rings (SSSR count). The van der Waals surface area contributed by atoms with Crippen molar-refractivity contribution >= 4 is 5.65 Å². The van der Waals surface area contributed by atoms with Crippen LogP contribution < -0.4 is 15.2 Å². The first-order valence-electron chi connectivity index (χ1n) is 8.94. The maximum absolute atomic E-state index is 14.0. The van der Waals surface area contributed by atoms with Crippen LogP contribution in [0.3, 0.4) is 0 Å². The number of nitrogens with zero attached hydrogens (tertiary/aromatic N) is 4. The molecule has 29 heavy (non-hydrogen) atoms. The minimum Gasteiger partial charge on any atom is -0.497 e. The van der Waals surface area contributed by atoms with Gasteiger partial charge in [0.1, 0.15) is 11.6 Å². The third-order valence-corrected chi connectivity index (χ3v) is 4.67. The summed E-state index contributed by atoms with van der Waals surface area (Å²) in [5.41, 5.74) is 2.33. The highest BCUT2D eigenvalue weighted by Gasteiger charge is 2.14. The van der Waals surface area contributed by atoms with E-state index in [0.717, 1.165) is 11.3 Å². The molecule has 8 heteroatoms. The number of benzene rings is 2. The van der Waals surface area contributed by atoms with Gasteiger partial charge in [0.05, 0.1) is 26.5 Å². The van der Waals surface area contributed by atoms with E-state index >= 15 is 0 Å². The number of hydrogen-bond donors (Lipinski definition) is 0. The van der Waals surface area contributed by atoms with E-state index in [1.807, 2.05) is 24.3 Å². The molecule has 0 spiro atoms. The summed E-state index contributed by atoms with van der Waals surface area (Å²) in [6, 6.07) is 13.8. The minimum atomic E-state index is -0.485. The standard InChI is InChI=1S/C21H19FN4O3/c1-13-23-18(15-5-7-16(28-2)8-6-15)11-20-24-25(21(27)26(13)20)12-14-4-9-19(29-3)17(22)10-14/h4-11H,12H2,1-3H3. The van der Waals surface area contributed by atoms with Crippen LogP contribution >= 0.6 is 0 Å². The van der Waals surface area contributed by atoms with Gasteiger partial charge in [-0.25, -0.2) is 23.3 Å². The number of aryl methyl sites for hydroxylation is 1. The van der Waals surface area contributed by atoms with Crippen molar-refractivity contribution in [1.29, 1.82) is 0 Å². The van der Waals surface area contributed by atoms with Gasteiger partial charge < -0.3 is 9.47 Å². The number of fused-ring (bicyclic) bond motifs is 1. The normalized spacial score (nSPS) is 11.0. The van der Waals surface area contributed by atoms with E-state index in [-0.39, 0.29) is 18.0 Å². The second-order valence-corrected chi connectivity index (χ2v) is 6.52. The minimum absolute atomic E-state index is 0.138. The van der Waals surface area contributed by atoms with Gasteiger partial charge in [0.2, 0.25) is 0 Å². The Labute approximate surface area is 166 Å². The lowest BCUT2D eigenvalue weighted by molar-refractivity contribution is 0.386. The predicted molar refractivity (Wildman–Crippen MR) is 106 cm³/mol. The maximum Gasteiger partial charge on any atom is 0.352 e. The molecule has 0 N–H and O–H groups in total. The zero-order valence-corrected chi connectivity index (χ0v) is 16.2. The van der Waals surface area contributed by atoms with Crippen LogP contribution in [0.2, 0.25) is 0 Å². The molecule has 0 radical (unpaired) electrons. The van der Waals surface area contributed by atoms with Crippen molar-refractivity contribution in [2.45, 2.75) is 13.5 Å². The van der Waals surface area contributed by atoms with E-state index in [2.05, 4.69) is 10.1 Å². The van der Waals surface area contributed by atoms with Gasteiger partial charge >= 0.3 is 5.69 Å². The zero-order chi connectivity index (χ0) is 20.5. The first-order valence-corrected chi connectivity index (χ1v) is 8.94. The highest BCUT2D eigenvalue weighted by molar-refractivity contribution is 5.64. The Bertz CT molecular complexity index is 1250. The van der Waals surface area contributed by atoms with Crippen LogP contribution in [0.4, 0.5) is 4.39 Å². The molecule has 2 aromatic carbocycles. The van der Waals surface area contributed by atoms with Crippen molar-refractivity contribution in [3.63, 3.8) is 0 Å². The van der Waals surface area contributed by atoms with Crippen LogP contribution in [0.25, 0.3) is 16.9 Å². The molecule has 0 fully saturated rings. The van der Waals surface area contributed by atoms with Gasteiger partial charge in [-0.2, -0.15) is 0 Å². The number of aromatic nitrogens is 4. The molecular weight excluding hydrogens is 375 g/mol. The van der Waals surface area contributed by atoms with Crippen LogP contribution in [0, 0.1) is 12.7 Å². The molecule has 0 unspecified atom stereocenters. The molecular formula is C21H19FN4O3. The average molecular weight is 394 g/mol. The summed E-state index contributed by atoms with van der Waals surface area (Å²) in [4.78, 5) is 17.3. The fourth-order valence-electron chi connectivity index (χ4n) is 3.19. The average Bonchev–Trinajstić information content (AvgIpc) is 3.04. The largest absolute Gasteiger partial charge is 0.497 e. The lowest BCUT2D eigenvalue weighted by Gasteiger charge is -2.05. The molecule has 148 valence electrons. The van der Waals surface area contributed by atoms with E-state index < -0.39 is 5.82 Å². The van der Waals surface area contributed by atoms with Gasteiger partial charge in [-0.05, 0) is 48.9 Å². The maximum atomic E-state index is 14.0.